The smallest absolute Gasteiger partial charge is 0.124 e. The summed E-state index contributed by atoms with van der Waals surface area (Å²) in [6.45, 7) is 11.7. The average Bonchev–Trinajstić information content (AvgIpc) is 2.34. The van der Waals surface area contributed by atoms with E-state index in [1.54, 1.807) is 0 Å². The minimum absolute atomic E-state index is 0.147. The lowest BCUT2D eigenvalue weighted by Crippen LogP contribution is -2.41. The molecule has 0 radical (unpaired) electrons. The van der Waals surface area contributed by atoms with Crippen LogP contribution in [-0.4, -0.2) is 22.3 Å². The standard InChI is InChI=1S/C10H19N3/c1-6-13(10(3,4)5)9-7-8(2)11-12-9/h7H,6H2,1-5H3,(H,11,12). The fourth-order valence-electron chi connectivity index (χ4n) is 1.55. The van der Waals surface area contributed by atoms with Crippen LogP contribution in [0.2, 0.25) is 0 Å². The fourth-order valence-corrected chi connectivity index (χ4v) is 1.55. The number of rotatable bonds is 2. The molecule has 1 N–H and O–H groups in total. The van der Waals surface area contributed by atoms with Crippen LogP contribution in [0.1, 0.15) is 33.4 Å². The van der Waals surface area contributed by atoms with E-state index in [0.717, 1.165) is 18.1 Å². The molecule has 0 aromatic carbocycles. The van der Waals surface area contributed by atoms with Crippen molar-refractivity contribution in [1.82, 2.24) is 10.2 Å². The average molecular weight is 181 g/mol. The van der Waals surface area contributed by atoms with Gasteiger partial charge in [0, 0.05) is 18.2 Å². The van der Waals surface area contributed by atoms with Gasteiger partial charge in [-0.3, -0.25) is 5.10 Å². The van der Waals surface area contributed by atoms with Crippen molar-refractivity contribution in [3.05, 3.63) is 11.8 Å². The van der Waals surface area contributed by atoms with Crippen LogP contribution in [0.5, 0.6) is 0 Å². The summed E-state index contributed by atoms with van der Waals surface area (Å²) in [4.78, 5) is 2.30. The Balaban J connectivity index is 2.91. The lowest BCUT2D eigenvalue weighted by molar-refractivity contribution is 0.508. The number of aromatic nitrogens is 2. The molecule has 0 aliphatic carbocycles. The first kappa shape index (κ1) is 10.1. The van der Waals surface area contributed by atoms with E-state index in [4.69, 9.17) is 0 Å². The molecule has 0 saturated carbocycles. The van der Waals surface area contributed by atoms with Crippen molar-refractivity contribution in [3.63, 3.8) is 0 Å². The van der Waals surface area contributed by atoms with Crippen LogP contribution in [-0.2, 0) is 0 Å². The maximum Gasteiger partial charge on any atom is 0.124 e. The van der Waals surface area contributed by atoms with E-state index in [1.807, 2.05) is 6.92 Å². The zero-order chi connectivity index (χ0) is 10.1. The van der Waals surface area contributed by atoms with Crippen LogP contribution in [0.15, 0.2) is 6.07 Å². The first-order chi connectivity index (χ1) is 5.95. The number of aromatic amines is 1. The number of nitrogens with zero attached hydrogens (tertiary/aromatic N) is 2. The molecule has 0 unspecified atom stereocenters. The van der Waals surface area contributed by atoms with Gasteiger partial charge in [0.05, 0.1) is 5.69 Å². The third kappa shape index (κ3) is 2.23. The molecule has 1 rings (SSSR count). The minimum Gasteiger partial charge on any atom is -0.352 e. The van der Waals surface area contributed by atoms with Gasteiger partial charge < -0.3 is 4.90 Å². The van der Waals surface area contributed by atoms with E-state index in [-0.39, 0.29) is 5.54 Å². The SMILES string of the molecule is CCN(c1cc(C)n[nH]1)C(C)(C)C. The molecule has 13 heavy (non-hydrogen) atoms. The normalized spacial score (nSPS) is 11.8. The van der Waals surface area contributed by atoms with E-state index < -0.39 is 0 Å². The number of H-pyrrole nitrogens is 1. The summed E-state index contributed by atoms with van der Waals surface area (Å²) >= 11 is 0. The molecule has 0 aliphatic heterocycles. The predicted molar refractivity (Wildman–Crippen MR) is 56.1 cm³/mol. The highest BCUT2D eigenvalue weighted by atomic mass is 15.3. The van der Waals surface area contributed by atoms with E-state index in [1.165, 1.54) is 0 Å². The van der Waals surface area contributed by atoms with Gasteiger partial charge in [-0.05, 0) is 34.6 Å². The molecule has 0 spiro atoms. The highest BCUT2D eigenvalue weighted by Gasteiger charge is 2.20. The Kier molecular flexibility index (Phi) is 2.64. The van der Waals surface area contributed by atoms with E-state index in [9.17, 15) is 0 Å². The molecule has 3 heteroatoms. The van der Waals surface area contributed by atoms with Gasteiger partial charge in [0.2, 0.25) is 0 Å². The summed E-state index contributed by atoms with van der Waals surface area (Å²) in [5.74, 6) is 1.10. The van der Waals surface area contributed by atoms with Crippen molar-refractivity contribution in [2.24, 2.45) is 0 Å². The highest BCUT2D eigenvalue weighted by Crippen LogP contribution is 2.21. The summed E-state index contributed by atoms with van der Waals surface area (Å²) < 4.78 is 0. The first-order valence-corrected chi connectivity index (χ1v) is 4.75. The largest absolute Gasteiger partial charge is 0.352 e. The number of aryl methyl sites for hydroxylation is 1. The zero-order valence-corrected chi connectivity index (χ0v) is 9.18. The molecule has 0 aliphatic rings. The Morgan fingerprint density at radius 2 is 2.08 bits per heavy atom. The number of hydrogen-bond acceptors (Lipinski definition) is 2. The lowest BCUT2D eigenvalue weighted by Gasteiger charge is -2.35. The first-order valence-electron chi connectivity index (χ1n) is 4.75. The molecule has 1 aromatic heterocycles. The third-order valence-electron chi connectivity index (χ3n) is 2.11. The molecule has 1 aromatic rings. The van der Waals surface area contributed by atoms with Gasteiger partial charge in [-0.1, -0.05) is 0 Å². The van der Waals surface area contributed by atoms with E-state index in [0.29, 0.717) is 0 Å². The second-order valence-electron chi connectivity index (χ2n) is 4.31. The Labute approximate surface area is 80.1 Å². The van der Waals surface area contributed by atoms with Crippen LogP contribution >= 0.6 is 0 Å². The molecule has 0 saturated heterocycles. The Morgan fingerprint density at radius 1 is 1.46 bits per heavy atom. The Morgan fingerprint density at radius 3 is 2.38 bits per heavy atom. The summed E-state index contributed by atoms with van der Waals surface area (Å²) in [7, 11) is 0. The summed E-state index contributed by atoms with van der Waals surface area (Å²) in [6.07, 6.45) is 0. The van der Waals surface area contributed by atoms with Crippen LogP contribution in [0.3, 0.4) is 0 Å². The van der Waals surface area contributed by atoms with Crippen LogP contribution in [0.4, 0.5) is 5.82 Å². The monoisotopic (exact) mass is 181 g/mol. The zero-order valence-electron chi connectivity index (χ0n) is 9.18. The molecule has 0 atom stereocenters. The second-order valence-corrected chi connectivity index (χ2v) is 4.31. The number of anilines is 1. The van der Waals surface area contributed by atoms with E-state index in [2.05, 4.69) is 48.9 Å². The van der Waals surface area contributed by atoms with E-state index >= 15 is 0 Å². The summed E-state index contributed by atoms with van der Waals surface area (Å²) in [6, 6.07) is 2.08. The Hall–Kier alpha value is -0.990. The lowest BCUT2D eigenvalue weighted by atomic mass is 10.1. The highest BCUT2D eigenvalue weighted by molar-refractivity contribution is 5.41. The van der Waals surface area contributed by atoms with Gasteiger partial charge in [0.15, 0.2) is 0 Å². The topological polar surface area (TPSA) is 31.9 Å². The maximum atomic E-state index is 4.13. The molecular formula is C10H19N3. The van der Waals surface area contributed by atoms with Crippen LogP contribution in [0, 0.1) is 6.92 Å². The van der Waals surface area contributed by atoms with Gasteiger partial charge >= 0.3 is 0 Å². The quantitative estimate of drug-likeness (QED) is 0.759. The molecular weight excluding hydrogens is 162 g/mol. The van der Waals surface area contributed by atoms with Crippen molar-refractivity contribution in [2.45, 2.75) is 40.2 Å². The van der Waals surface area contributed by atoms with Crippen molar-refractivity contribution in [1.29, 1.82) is 0 Å². The fraction of sp³-hybridized carbons (Fsp3) is 0.700. The van der Waals surface area contributed by atoms with Crippen LogP contribution < -0.4 is 4.90 Å². The molecule has 0 fully saturated rings. The van der Waals surface area contributed by atoms with Gasteiger partial charge in [0.25, 0.3) is 0 Å². The van der Waals surface area contributed by atoms with Crippen molar-refractivity contribution in [2.75, 3.05) is 11.4 Å². The number of hydrogen-bond donors (Lipinski definition) is 1. The van der Waals surface area contributed by atoms with Gasteiger partial charge in [-0.2, -0.15) is 5.10 Å². The van der Waals surface area contributed by atoms with Gasteiger partial charge in [-0.25, -0.2) is 0 Å². The molecule has 0 amide bonds. The summed E-state index contributed by atoms with van der Waals surface area (Å²) in [5, 5.41) is 7.17. The van der Waals surface area contributed by atoms with Gasteiger partial charge in [0.1, 0.15) is 5.82 Å². The number of nitrogens with one attached hydrogen (secondary N) is 1. The molecule has 74 valence electrons. The molecule has 1 heterocycles. The van der Waals surface area contributed by atoms with Crippen molar-refractivity contribution in [3.8, 4) is 0 Å². The Bertz CT molecular complexity index is 270. The molecule has 0 bridgehead atoms. The third-order valence-corrected chi connectivity index (χ3v) is 2.11. The minimum atomic E-state index is 0.147. The van der Waals surface area contributed by atoms with Crippen molar-refractivity contribution >= 4 is 5.82 Å². The predicted octanol–water partition coefficient (Wildman–Crippen LogP) is 2.34. The molecule has 3 nitrogen and oxygen atoms in total. The second kappa shape index (κ2) is 3.40. The van der Waals surface area contributed by atoms with Crippen molar-refractivity contribution < 1.29 is 0 Å². The van der Waals surface area contributed by atoms with Crippen LogP contribution in [0.25, 0.3) is 0 Å². The maximum absolute atomic E-state index is 4.13. The summed E-state index contributed by atoms with van der Waals surface area (Å²) in [5.41, 5.74) is 1.19. The van der Waals surface area contributed by atoms with Gasteiger partial charge in [-0.15, -0.1) is 0 Å².